The molecule has 2 heterocycles. The molecule has 3 fully saturated rings. The molecule has 4 heteroatoms. The summed E-state index contributed by atoms with van der Waals surface area (Å²) in [7, 11) is 0. The second-order valence-electron chi connectivity index (χ2n) is 6.67. The van der Waals surface area contributed by atoms with Gasteiger partial charge in [-0.25, -0.2) is 0 Å². The zero-order chi connectivity index (χ0) is 13.3. The fourth-order valence-corrected chi connectivity index (χ4v) is 3.88. The molecule has 19 heavy (non-hydrogen) atoms. The predicted octanol–water partition coefficient (Wildman–Crippen LogP) is 1.61. The van der Waals surface area contributed by atoms with Crippen LogP contribution in [-0.2, 0) is 9.47 Å². The van der Waals surface area contributed by atoms with Crippen molar-refractivity contribution < 1.29 is 14.6 Å². The number of hydrogen-bond donors (Lipinski definition) is 2. The molecular weight excluding hydrogens is 242 g/mol. The Morgan fingerprint density at radius 2 is 2.00 bits per heavy atom. The smallest absolute Gasteiger partial charge is 0.105 e. The third-order valence-corrected chi connectivity index (χ3v) is 5.32. The van der Waals surface area contributed by atoms with E-state index in [1.54, 1.807) is 0 Å². The minimum Gasteiger partial charge on any atom is -0.386 e. The maximum absolute atomic E-state index is 10.4. The van der Waals surface area contributed by atoms with Crippen molar-refractivity contribution in [2.75, 3.05) is 19.7 Å². The first-order valence-corrected chi connectivity index (χ1v) is 7.85. The summed E-state index contributed by atoms with van der Waals surface area (Å²) in [5.74, 6) is 0. The first-order chi connectivity index (χ1) is 9.12. The number of aliphatic hydroxyl groups is 1. The van der Waals surface area contributed by atoms with Crippen LogP contribution in [0.25, 0.3) is 0 Å². The quantitative estimate of drug-likeness (QED) is 0.814. The average molecular weight is 269 g/mol. The lowest BCUT2D eigenvalue weighted by atomic mass is 9.96. The highest BCUT2D eigenvalue weighted by atomic mass is 16.5. The summed E-state index contributed by atoms with van der Waals surface area (Å²) < 4.78 is 11.7. The summed E-state index contributed by atoms with van der Waals surface area (Å²) in [6, 6.07) is 0. The number of nitrogens with one attached hydrogen (secondary N) is 1. The maximum Gasteiger partial charge on any atom is 0.105 e. The largest absolute Gasteiger partial charge is 0.386 e. The Kier molecular flexibility index (Phi) is 3.87. The van der Waals surface area contributed by atoms with E-state index in [2.05, 4.69) is 5.32 Å². The highest BCUT2D eigenvalue weighted by Gasteiger charge is 2.43. The van der Waals surface area contributed by atoms with Gasteiger partial charge < -0.3 is 19.9 Å². The number of hydrogen-bond acceptors (Lipinski definition) is 4. The van der Waals surface area contributed by atoms with Crippen LogP contribution in [0.1, 0.15) is 51.9 Å². The molecule has 2 aliphatic heterocycles. The second kappa shape index (κ2) is 5.32. The van der Waals surface area contributed by atoms with E-state index in [0.29, 0.717) is 19.3 Å². The Morgan fingerprint density at radius 3 is 2.68 bits per heavy atom. The van der Waals surface area contributed by atoms with Crippen molar-refractivity contribution in [2.45, 2.75) is 75.3 Å². The van der Waals surface area contributed by atoms with Crippen LogP contribution >= 0.6 is 0 Å². The van der Waals surface area contributed by atoms with Crippen molar-refractivity contribution in [3.05, 3.63) is 0 Å². The van der Waals surface area contributed by atoms with Gasteiger partial charge in [0, 0.05) is 26.1 Å². The molecule has 1 saturated carbocycles. The number of ether oxygens (including phenoxy) is 2. The highest BCUT2D eigenvalue weighted by molar-refractivity contribution is 4.95. The molecule has 0 aromatic rings. The topological polar surface area (TPSA) is 50.7 Å². The predicted molar refractivity (Wildman–Crippen MR) is 73.2 cm³/mol. The van der Waals surface area contributed by atoms with E-state index in [0.717, 1.165) is 19.4 Å². The standard InChI is InChI=1S/C15H27NO3/c1-12-15(17,8-9-18-12)11-16-10-13-4-7-14(19-13)5-2-3-6-14/h12-13,16-17H,2-11H2,1H3. The summed E-state index contributed by atoms with van der Waals surface area (Å²) in [5, 5.41) is 13.8. The van der Waals surface area contributed by atoms with Gasteiger partial charge in [-0.05, 0) is 32.6 Å². The second-order valence-corrected chi connectivity index (χ2v) is 6.67. The van der Waals surface area contributed by atoms with Gasteiger partial charge in [0.25, 0.3) is 0 Å². The van der Waals surface area contributed by atoms with E-state index in [-0.39, 0.29) is 11.7 Å². The van der Waals surface area contributed by atoms with Crippen molar-refractivity contribution in [3.8, 4) is 0 Å². The third kappa shape index (κ3) is 2.82. The van der Waals surface area contributed by atoms with Crippen molar-refractivity contribution in [1.82, 2.24) is 5.32 Å². The van der Waals surface area contributed by atoms with E-state index in [1.165, 1.54) is 32.1 Å². The minimum atomic E-state index is -0.691. The molecule has 0 aromatic heterocycles. The molecule has 1 spiro atoms. The van der Waals surface area contributed by atoms with Crippen molar-refractivity contribution in [2.24, 2.45) is 0 Å². The van der Waals surface area contributed by atoms with E-state index in [4.69, 9.17) is 9.47 Å². The lowest BCUT2D eigenvalue weighted by Crippen LogP contribution is -2.47. The zero-order valence-electron chi connectivity index (χ0n) is 12.0. The average Bonchev–Trinajstić information content (AvgIpc) is 3.07. The van der Waals surface area contributed by atoms with Crippen molar-refractivity contribution in [1.29, 1.82) is 0 Å². The highest BCUT2D eigenvalue weighted by Crippen LogP contribution is 2.43. The van der Waals surface area contributed by atoms with Gasteiger partial charge in [0.1, 0.15) is 5.60 Å². The van der Waals surface area contributed by atoms with Gasteiger partial charge in [0.2, 0.25) is 0 Å². The van der Waals surface area contributed by atoms with Crippen LogP contribution in [0.4, 0.5) is 0 Å². The third-order valence-electron chi connectivity index (χ3n) is 5.32. The molecule has 2 N–H and O–H groups in total. The monoisotopic (exact) mass is 269 g/mol. The summed E-state index contributed by atoms with van der Waals surface area (Å²) >= 11 is 0. The molecule has 0 bridgehead atoms. The van der Waals surface area contributed by atoms with Crippen LogP contribution in [0.5, 0.6) is 0 Å². The van der Waals surface area contributed by atoms with Gasteiger partial charge in [-0.2, -0.15) is 0 Å². The molecule has 3 atom stereocenters. The van der Waals surface area contributed by atoms with Crippen LogP contribution in [0, 0.1) is 0 Å². The SMILES string of the molecule is CC1OCCC1(O)CNCC1CCC2(CCCC2)O1. The fraction of sp³-hybridized carbons (Fsp3) is 1.00. The van der Waals surface area contributed by atoms with Crippen LogP contribution in [-0.4, -0.2) is 48.2 Å². The van der Waals surface area contributed by atoms with E-state index in [1.807, 2.05) is 6.92 Å². The molecule has 3 rings (SSSR count). The molecule has 3 aliphatic rings. The number of rotatable bonds is 4. The van der Waals surface area contributed by atoms with Gasteiger partial charge in [-0.15, -0.1) is 0 Å². The van der Waals surface area contributed by atoms with Crippen LogP contribution in [0.15, 0.2) is 0 Å². The molecule has 0 amide bonds. The van der Waals surface area contributed by atoms with Gasteiger partial charge in [0.05, 0.1) is 17.8 Å². The Balaban J connectivity index is 1.41. The molecule has 3 unspecified atom stereocenters. The van der Waals surface area contributed by atoms with Gasteiger partial charge in [-0.3, -0.25) is 0 Å². The molecular formula is C15H27NO3. The summed E-state index contributed by atoms with van der Waals surface area (Å²) in [6.45, 7) is 4.09. The van der Waals surface area contributed by atoms with E-state index in [9.17, 15) is 5.11 Å². The fourth-order valence-electron chi connectivity index (χ4n) is 3.88. The van der Waals surface area contributed by atoms with E-state index < -0.39 is 5.60 Å². The molecule has 2 saturated heterocycles. The lowest BCUT2D eigenvalue weighted by molar-refractivity contribution is -0.0445. The van der Waals surface area contributed by atoms with E-state index >= 15 is 0 Å². The Hall–Kier alpha value is -0.160. The van der Waals surface area contributed by atoms with Crippen LogP contribution in [0.3, 0.4) is 0 Å². The van der Waals surface area contributed by atoms with Crippen LogP contribution in [0.2, 0.25) is 0 Å². The van der Waals surface area contributed by atoms with Gasteiger partial charge in [0.15, 0.2) is 0 Å². The molecule has 0 aromatic carbocycles. The molecule has 4 nitrogen and oxygen atoms in total. The first-order valence-electron chi connectivity index (χ1n) is 7.85. The first kappa shape index (κ1) is 13.8. The molecule has 0 radical (unpaired) electrons. The van der Waals surface area contributed by atoms with Gasteiger partial charge >= 0.3 is 0 Å². The molecule has 1 aliphatic carbocycles. The Bertz CT molecular complexity index is 317. The van der Waals surface area contributed by atoms with Crippen LogP contribution < -0.4 is 5.32 Å². The van der Waals surface area contributed by atoms with Crippen molar-refractivity contribution >= 4 is 0 Å². The Labute approximate surface area is 115 Å². The summed E-state index contributed by atoms with van der Waals surface area (Å²) in [6.07, 6.45) is 8.54. The maximum atomic E-state index is 10.4. The summed E-state index contributed by atoms with van der Waals surface area (Å²) in [5.41, 5.74) is -0.476. The zero-order valence-corrected chi connectivity index (χ0v) is 12.0. The normalized spacial score (nSPS) is 41.4. The minimum absolute atomic E-state index is 0.0642. The van der Waals surface area contributed by atoms with Crippen molar-refractivity contribution in [3.63, 3.8) is 0 Å². The summed E-state index contributed by atoms with van der Waals surface area (Å²) in [4.78, 5) is 0. The van der Waals surface area contributed by atoms with Gasteiger partial charge in [-0.1, -0.05) is 12.8 Å². The molecule has 110 valence electrons. The Morgan fingerprint density at radius 1 is 1.21 bits per heavy atom. The lowest BCUT2D eigenvalue weighted by Gasteiger charge is -2.28.